The summed E-state index contributed by atoms with van der Waals surface area (Å²) >= 11 is 10.9. The van der Waals surface area contributed by atoms with Crippen LogP contribution in [0.25, 0.3) is 0 Å². The van der Waals surface area contributed by atoms with Gasteiger partial charge in [-0.3, -0.25) is 9.59 Å². The van der Waals surface area contributed by atoms with Crippen molar-refractivity contribution in [2.75, 3.05) is 13.2 Å². The highest BCUT2D eigenvalue weighted by molar-refractivity contribution is 6.53. The Kier molecular flexibility index (Phi) is 7.45. The number of rotatable bonds is 7. The summed E-state index contributed by atoms with van der Waals surface area (Å²) in [6.45, 7) is -0.548. The molecule has 0 saturated carbocycles. The molecule has 0 aromatic heterocycles. The Hall–Kier alpha value is -1.34. The van der Waals surface area contributed by atoms with Crippen molar-refractivity contribution in [2.24, 2.45) is 5.73 Å². The van der Waals surface area contributed by atoms with Crippen molar-refractivity contribution in [3.8, 4) is 0 Å². The zero-order valence-electron chi connectivity index (χ0n) is 11.0. The van der Waals surface area contributed by atoms with Crippen molar-refractivity contribution in [2.45, 2.75) is 17.0 Å². The Bertz CT molecular complexity index is 470. The maximum atomic E-state index is 11.6. The molecule has 0 fully saturated rings. The number of nitrogens with one attached hydrogen (secondary N) is 1. The van der Waals surface area contributed by atoms with Crippen LogP contribution in [0.15, 0.2) is 30.3 Å². The first-order valence-corrected chi connectivity index (χ1v) is 7.00. The first kappa shape index (κ1) is 17.7. The number of alkyl halides is 2. The number of aliphatic hydroxyl groups excluding tert-OH is 1. The molecule has 116 valence electrons. The van der Waals surface area contributed by atoms with Crippen LogP contribution in [0.3, 0.4) is 0 Å². The molecule has 1 amide bonds. The maximum Gasteiger partial charge on any atom is 0.319 e. The fraction of sp³-hybridized carbons (Fsp3) is 0.385. The van der Waals surface area contributed by atoms with Gasteiger partial charge in [-0.15, -0.1) is 0 Å². The molecule has 0 radical (unpaired) electrons. The van der Waals surface area contributed by atoms with E-state index in [9.17, 15) is 14.7 Å². The van der Waals surface area contributed by atoms with Gasteiger partial charge < -0.3 is 20.9 Å². The van der Waals surface area contributed by atoms with E-state index in [0.29, 0.717) is 5.56 Å². The quantitative estimate of drug-likeness (QED) is 0.498. The Labute approximate surface area is 132 Å². The molecule has 1 aromatic carbocycles. The molecule has 0 heterocycles. The van der Waals surface area contributed by atoms with E-state index in [1.165, 1.54) is 0 Å². The SMILES string of the molecule is NCC(=O)OCC(NC(=O)C(Cl)Cl)C(O)c1ccccc1. The second-order valence-electron chi connectivity index (χ2n) is 4.16. The van der Waals surface area contributed by atoms with Crippen molar-refractivity contribution in [3.05, 3.63) is 35.9 Å². The smallest absolute Gasteiger partial charge is 0.319 e. The van der Waals surface area contributed by atoms with Gasteiger partial charge in [-0.25, -0.2) is 0 Å². The van der Waals surface area contributed by atoms with Crippen LogP contribution in [0.2, 0.25) is 0 Å². The fourth-order valence-corrected chi connectivity index (χ4v) is 1.71. The van der Waals surface area contributed by atoms with Crippen molar-refractivity contribution >= 4 is 35.1 Å². The monoisotopic (exact) mass is 334 g/mol. The van der Waals surface area contributed by atoms with Gasteiger partial charge in [0.2, 0.25) is 0 Å². The minimum atomic E-state index is -1.29. The molecule has 1 rings (SSSR count). The number of esters is 1. The lowest BCUT2D eigenvalue weighted by Gasteiger charge is -2.24. The number of nitrogens with two attached hydrogens (primary N) is 1. The third-order valence-electron chi connectivity index (χ3n) is 2.64. The van der Waals surface area contributed by atoms with Gasteiger partial charge in [0.05, 0.1) is 12.6 Å². The molecule has 0 aliphatic carbocycles. The summed E-state index contributed by atoms with van der Waals surface area (Å²) in [5, 5.41) is 12.7. The van der Waals surface area contributed by atoms with Crippen LogP contribution in [0.4, 0.5) is 0 Å². The average Bonchev–Trinajstić information content (AvgIpc) is 2.50. The number of ether oxygens (including phenoxy) is 1. The number of hydrogen-bond donors (Lipinski definition) is 3. The van der Waals surface area contributed by atoms with E-state index in [0.717, 1.165) is 0 Å². The topological polar surface area (TPSA) is 102 Å². The molecule has 6 nitrogen and oxygen atoms in total. The predicted octanol–water partition coefficient (Wildman–Crippen LogP) is 0.510. The highest BCUT2D eigenvalue weighted by atomic mass is 35.5. The molecule has 2 atom stereocenters. The lowest BCUT2D eigenvalue weighted by molar-refractivity contribution is -0.144. The van der Waals surface area contributed by atoms with Gasteiger partial charge in [-0.05, 0) is 5.56 Å². The molecule has 21 heavy (non-hydrogen) atoms. The zero-order chi connectivity index (χ0) is 15.8. The summed E-state index contributed by atoms with van der Waals surface area (Å²) in [5.41, 5.74) is 5.68. The van der Waals surface area contributed by atoms with Crippen LogP contribution in [-0.4, -0.2) is 41.0 Å². The highest BCUT2D eigenvalue weighted by Crippen LogP contribution is 2.17. The zero-order valence-corrected chi connectivity index (χ0v) is 12.6. The lowest BCUT2D eigenvalue weighted by atomic mass is 10.0. The number of halogens is 2. The van der Waals surface area contributed by atoms with Crippen LogP contribution < -0.4 is 11.1 Å². The molecule has 0 spiro atoms. The summed E-state index contributed by atoms with van der Waals surface area (Å²) < 4.78 is 4.85. The minimum Gasteiger partial charge on any atom is -0.462 e. The van der Waals surface area contributed by atoms with Crippen LogP contribution in [0, 0.1) is 0 Å². The average molecular weight is 335 g/mol. The molecular weight excluding hydrogens is 319 g/mol. The van der Waals surface area contributed by atoms with Crippen LogP contribution >= 0.6 is 23.2 Å². The number of benzene rings is 1. The predicted molar refractivity (Wildman–Crippen MR) is 78.8 cm³/mol. The second kappa shape index (κ2) is 8.84. The minimum absolute atomic E-state index is 0.252. The third kappa shape index (κ3) is 5.89. The molecule has 0 aliphatic heterocycles. The van der Waals surface area contributed by atoms with Gasteiger partial charge in [0, 0.05) is 0 Å². The number of carbonyl (C=O) groups excluding carboxylic acids is 2. The largest absolute Gasteiger partial charge is 0.462 e. The summed E-state index contributed by atoms with van der Waals surface area (Å²) in [6.07, 6.45) is -1.09. The van der Waals surface area contributed by atoms with Crippen molar-refractivity contribution < 1.29 is 19.4 Å². The molecule has 1 aromatic rings. The number of hydrogen-bond acceptors (Lipinski definition) is 5. The summed E-state index contributed by atoms with van der Waals surface area (Å²) in [6, 6.07) is 7.70. The Morgan fingerprint density at radius 3 is 2.43 bits per heavy atom. The second-order valence-corrected chi connectivity index (χ2v) is 5.25. The van der Waals surface area contributed by atoms with Gasteiger partial charge >= 0.3 is 5.97 Å². The van der Waals surface area contributed by atoms with E-state index in [1.807, 2.05) is 0 Å². The molecule has 8 heteroatoms. The number of amides is 1. The Morgan fingerprint density at radius 2 is 1.90 bits per heavy atom. The molecule has 2 unspecified atom stereocenters. The first-order chi connectivity index (χ1) is 9.95. The maximum absolute atomic E-state index is 11.6. The molecule has 0 bridgehead atoms. The number of aliphatic hydroxyl groups is 1. The fourth-order valence-electron chi connectivity index (χ4n) is 1.58. The van der Waals surface area contributed by atoms with Crippen molar-refractivity contribution in [1.82, 2.24) is 5.32 Å². The summed E-state index contributed by atoms with van der Waals surface area (Å²) in [4.78, 5) is 21.4. The highest BCUT2D eigenvalue weighted by Gasteiger charge is 2.26. The van der Waals surface area contributed by atoms with E-state index in [1.54, 1.807) is 30.3 Å². The summed E-state index contributed by atoms with van der Waals surface area (Å²) in [7, 11) is 0. The van der Waals surface area contributed by atoms with Gasteiger partial charge in [0.15, 0.2) is 4.84 Å². The first-order valence-electron chi connectivity index (χ1n) is 6.13. The Balaban J connectivity index is 2.79. The third-order valence-corrected chi connectivity index (χ3v) is 3.04. The van der Waals surface area contributed by atoms with Crippen LogP contribution in [0.1, 0.15) is 11.7 Å². The van der Waals surface area contributed by atoms with Gasteiger partial charge in [-0.2, -0.15) is 0 Å². The van der Waals surface area contributed by atoms with Crippen molar-refractivity contribution in [1.29, 1.82) is 0 Å². The summed E-state index contributed by atoms with van der Waals surface area (Å²) in [5.74, 6) is -1.34. The molecule has 0 saturated heterocycles. The Morgan fingerprint density at radius 1 is 1.29 bits per heavy atom. The normalized spacial score (nSPS) is 13.6. The van der Waals surface area contributed by atoms with E-state index in [-0.39, 0.29) is 13.2 Å². The lowest BCUT2D eigenvalue weighted by Crippen LogP contribution is -2.45. The van der Waals surface area contributed by atoms with E-state index in [4.69, 9.17) is 33.7 Å². The van der Waals surface area contributed by atoms with E-state index < -0.39 is 28.9 Å². The van der Waals surface area contributed by atoms with E-state index in [2.05, 4.69) is 5.32 Å². The van der Waals surface area contributed by atoms with Gasteiger partial charge in [-0.1, -0.05) is 53.5 Å². The van der Waals surface area contributed by atoms with Crippen LogP contribution in [-0.2, 0) is 14.3 Å². The van der Waals surface area contributed by atoms with Crippen molar-refractivity contribution in [3.63, 3.8) is 0 Å². The molecular formula is C13H16Cl2N2O4. The molecule has 4 N–H and O–H groups in total. The molecule has 0 aliphatic rings. The van der Waals surface area contributed by atoms with Crippen LogP contribution in [0.5, 0.6) is 0 Å². The standard InChI is InChI=1S/C13H16Cl2N2O4/c14-12(15)13(20)17-9(7-21-10(18)6-16)11(19)8-4-2-1-3-5-8/h1-5,9,11-12,19H,6-7,16H2,(H,17,20). The van der Waals surface area contributed by atoms with Gasteiger partial charge in [0.25, 0.3) is 5.91 Å². The van der Waals surface area contributed by atoms with Gasteiger partial charge in [0.1, 0.15) is 12.7 Å². The van der Waals surface area contributed by atoms with E-state index >= 15 is 0 Å². The number of carbonyl (C=O) groups is 2.